The Labute approximate surface area is 124 Å². The van der Waals surface area contributed by atoms with Gasteiger partial charge in [0, 0.05) is 25.9 Å². The second-order valence-electron chi connectivity index (χ2n) is 5.04. The highest BCUT2D eigenvalue weighted by atomic mass is 35.5. The van der Waals surface area contributed by atoms with E-state index in [2.05, 4.69) is 5.10 Å². The Morgan fingerprint density at radius 1 is 1.35 bits per heavy atom. The van der Waals surface area contributed by atoms with Gasteiger partial charge in [-0.05, 0) is 12.1 Å². The minimum atomic E-state index is -0.107. The Balaban J connectivity index is 2.14. The van der Waals surface area contributed by atoms with Crippen molar-refractivity contribution in [2.45, 2.75) is 13.5 Å². The molecule has 2 rings (SSSR count). The molecular weight excluding hydrogens is 274 g/mol. The summed E-state index contributed by atoms with van der Waals surface area (Å²) in [5.74, 6) is -0.0104. The molecule has 0 spiro atoms. The Morgan fingerprint density at radius 3 is 2.70 bits per heavy atom. The average Bonchev–Trinajstić information content (AvgIpc) is 2.86. The molecule has 1 heterocycles. The van der Waals surface area contributed by atoms with Crippen LogP contribution in [0.25, 0.3) is 11.3 Å². The fourth-order valence-electron chi connectivity index (χ4n) is 2.08. The monoisotopic (exact) mass is 291 g/mol. The smallest absolute Gasteiger partial charge is 0.226 e. The van der Waals surface area contributed by atoms with Crippen LogP contribution in [0.1, 0.15) is 6.92 Å². The van der Waals surface area contributed by atoms with Gasteiger partial charge in [0.05, 0.1) is 23.2 Å². The van der Waals surface area contributed by atoms with Crippen LogP contribution in [0.3, 0.4) is 0 Å². The first-order chi connectivity index (χ1) is 9.49. The van der Waals surface area contributed by atoms with Crippen molar-refractivity contribution in [3.63, 3.8) is 0 Å². The van der Waals surface area contributed by atoms with Gasteiger partial charge in [-0.25, -0.2) is 0 Å². The van der Waals surface area contributed by atoms with Gasteiger partial charge >= 0.3 is 0 Å². The number of rotatable bonds is 4. The molecule has 4 nitrogen and oxygen atoms in total. The number of benzene rings is 1. The zero-order valence-electron chi connectivity index (χ0n) is 11.9. The third kappa shape index (κ3) is 3.20. The highest BCUT2D eigenvalue weighted by Crippen LogP contribution is 2.25. The van der Waals surface area contributed by atoms with Crippen molar-refractivity contribution in [1.82, 2.24) is 14.7 Å². The molecule has 0 bridgehead atoms. The molecule has 0 aliphatic heterocycles. The minimum Gasteiger partial charge on any atom is -0.349 e. The van der Waals surface area contributed by atoms with Gasteiger partial charge in [-0.2, -0.15) is 5.10 Å². The summed E-state index contributed by atoms with van der Waals surface area (Å²) in [5, 5.41) is 5.16. The van der Waals surface area contributed by atoms with Crippen molar-refractivity contribution >= 4 is 17.5 Å². The maximum atomic E-state index is 11.8. The summed E-state index contributed by atoms with van der Waals surface area (Å²) in [4.78, 5) is 13.4. The lowest BCUT2D eigenvalue weighted by Gasteiger charge is -2.16. The lowest BCUT2D eigenvalue weighted by molar-refractivity contribution is -0.132. The van der Waals surface area contributed by atoms with Gasteiger partial charge in [0.15, 0.2) is 0 Å². The number of halogens is 1. The maximum absolute atomic E-state index is 11.8. The van der Waals surface area contributed by atoms with E-state index in [0.717, 1.165) is 11.3 Å². The SMILES string of the molecule is C[C@H](Cn1ccc(-c2ccccc2Cl)n1)C(=O)N(C)C. The number of carbonyl (C=O) groups is 1. The number of amides is 1. The van der Waals surface area contributed by atoms with Crippen LogP contribution in [-0.4, -0.2) is 34.7 Å². The van der Waals surface area contributed by atoms with Gasteiger partial charge in [-0.15, -0.1) is 0 Å². The molecular formula is C15H18ClN3O. The van der Waals surface area contributed by atoms with Crippen LogP contribution in [0.15, 0.2) is 36.5 Å². The summed E-state index contributed by atoms with van der Waals surface area (Å²) >= 11 is 6.16. The van der Waals surface area contributed by atoms with Crippen LogP contribution in [0.2, 0.25) is 5.02 Å². The number of carbonyl (C=O) groups excluding carboxylic acids is 1. The van der Waals surface area contributed by atoms with Gasteiger partial charge in [-0.3, -0.25) is 9.48 Å². The van der Waals surface area contributed by atoms with Crippen LogP contribution in [0.5, 0.6) is 0 Å². The molecule has 106 valence electrons. The second kappa shape index (κ2) is 6.09. The van der Waals surface area contributed by atoms with Crippen LogP contribution in [0.4, 0.5) is 0 Å². The molecule has 1 aromatic heterocycles. The topological polar surface area (TPSA) is 38.1 Å². The number of hydrogen-bond donors (Lipinski definition) is 0. The first-order valence-electron chi connectivity index (χ1n) is 6.48. The Bertz CT molecular complexity index is 607. The van der Waals surface area contributed by atoms with E-state index in [9.17, 15) is 4.79 Å². The van der Waals surface area contributed by atoms with E-state index in [1.165, 1.54) is 0 Å². The predicted octanol–water partition coefficient (Wildman–Crippen LogP) is 2.93. The first kappa shape index (κ1) is 14.6. The van der Waals surface area contributed by atoms with Crippen LogP contribution in [0, 0.1) is 5.92 Å². The van der Waals surface area contributed by atoms with Crippen molar-refractivity contribution < 1.29 is 4.79 Å². The van der Waals surface area contributed by atoms with E-state index >= 15 is 0 Å². The quantitative estimate of drug-likeness (QED) is 0.869. The van der Waals surface area contributed by atoms with E-state index in [0.29, 0.717) is 11.6 Å². The molecule has 0 aliphatic carbocycles. The number of hydrogen-bond acceptors (Lipinski definition) is 2. The van der Waals surface area contributed by atoms with Crippen molar-refractivity contribution in [3.05, 3.63) is 41.6 Å². The van der Waals surface area contributed by atoms with Gasteiger partial charge < -0.3 is 4.90 Å². The van der Waals surface area contributed by atoms with E-state index in [1.54, 1.807) is 23.7 Å². The van der Waals surface area contributed by atoms with Crippen LogP contribution in [-0.2, 0) is 11.3 Å². The summed E-state index contributed by atoms with van der Waals surface area (Å²) in [6, 6.07) is 9.50. The summed E-state index contributed by atoms with van der Waals surface area (Å²) in [6.45, 7) is 2.46. The van der Waals surface area contributed by atoms with Gasteiger partial charge in [0.2, 0.25) is 5.91 Å². The fourth-order valence-corrected chi connectivity index (χ4v) is 2.31. The minimum absolute atomic E-state index is 0.0970. The van der Waals surface area contributed by atoms with E-state index in [4.69, 9.17) is 11.6 Å². The van der Waals surface area contributed by atoms with Gasteiger partial charge in [-0.1, -0.05) is 36.7 Å². The highest BCUT2D eigenvalue weighted by molar-refractivity contribution is 6.33. The largest absolute Gasteiger partial charge is 0.349 e. The third-order valence-corrected chi connectivity index (χ3v) is 3.44. The molecule has 0 saturated carbocycles. The maximum Gasteiger partial charge on any atom is 0.226 e. The number of nitrogens with zero attached hydrogens (tertiary/aromatic N) is 3. The molecule has 5 heteroatoms. The Hall–Kier alpha value is -1.81. The zero-order valence-corrected chi connectivity index (χ0v) is 12.6. The molecule has 0 fully saturated rings. The Morgan fingerprint density at radius 2 is 2.05 bits per heavy atom. The predicted molar refractivity (Wildman–Crippen MR) is 80.5 cm³/mol. The lowest BCUT2D eigenvalue weighted by atomic mass is 10.1. The van der Waals surface area contributed by atoms with Gasteiger partial charge in [0.1, 0.15) is 0 Å². The van der Waals surface area contributed by atoms with E-state index < -0.39 is 0 Å². The summed E-state index contributed by atoms with van der Waals surface area (Å²) in [6.07, 6.45) is 1.87. The summed E-state index contributed by atoms with van der Waals surface area (Å²) in [7, 11) is 3.52. The van der Waals surface area contributed by atoms with Crippen LogP contribution >= 0.6 is 11.6 Å². The standard InChI is InChI=1S/C15H18ClN3O/c1-11(15(20)18(2)3)10-19-9-8-14(17-19)12-6-4-5-7-13(12)16/h4-9,11H,10H2,1-3H3/t11-/m1/s1. The summed E-state index contributed by atoms with van der Waals surface area (Å²) in [5.41, 5.74) is 1.72. The number of aromatic nitrogens is 2. The van der Waals surface area contributed by atoms with E-state index in [-0.39, 0.29) is 11.8 Å². The van der Waals surface area contributed by atoms with Gasteiger partial charge in [0.25, 0.3) is 0 Å². The first-order valence-corrected chi connectivity index (χ1v) is 6.86. The van der Waals surface area contributed by atoms with Crippen molar-refractivity contribution in [1.29, 1.82) is 0 Å². The van der Waals surface area contributed by atoms with Crippen molar-refractivity contribution in [2.24, 2.45) is 5.92 Å². The molecule has 0 saturated heterocycles. The molecule has 20 heavy (non-hydrogen) atoms. The van der Waals surface area contributed by atoms with Crippen LogP contribution < -0.4 is 0 Å². The van der Waals surface area contributed by atoms with Crippen molar-refractivity contribution in [2.75, 3.05) is 14.1 Å². The molecule has 2 aromatic rings. The molecule has 1 amide bonds. The molecule has 0 radical (unpaired) electrons. The normalized spacial score (nSPS) is 12.2. The molecule has 1 aromatic carbocycles. The Kier molecular flexibility index (Phi) is 4.45. The van der Waals surface area contributed by atoms with E-state index in [1.807, 2.05) is 43.5 Å². The molecule has 0 N–H and O–H groups in total. The molecule has 1 atom stereocenters. The highest BCUT2D eigenvalue weighted by Gasteiger charge is 2.16. The summed E-state index contributed by atoms with van der Waals surface area (Å²) < 4.78 is 1.78. The second-order valence-corrected chi connectivity index (χ2v) is 5.44. The zero-order chi connectivity index (χ0) is 14.7. The average molecular weight is 292 g/mol. The lowest BCUT2D eigenvalue weighted by Crippen LogP contribution is -2.30. The third-order valence-electron chi connectivity index (χ3n) is 3.11. The van der Waals surface area contributed by atoms with Crippen molar-refractivity contribution in [3.8, 4) is 11.3 Å². The molecule has 0 aliphatic rings. The molecule has 0 unspecified atom stereocenters. The fraction of sp³-hybridized carbons (Fsp3) is 0.333.